The molecule has 7 heteroatoms. The van der Waals surface area contributed by atoms with Crippen LogP contribution in [0.25, 0.3) is 0 Å². The number of hydrogen-bond acceptors (Lipinski definition) is 1. The Hall–Kier alpha value is -2.78. The molecule has 0 amide bonds. The van der Waals surface area contributed by atoms with Crippen LogP contribution in [0.4, 0.5) is 0 Å². The van der Waals surface area contributed by atoms with Crippen molar-refractivity contribution in [1.82, 2.24) is 0 Å². The summed E-state index contributed by atoms with van der Waals surface area (Å²) >= 11 is 1.31. The fourth-order valence-electron chi connectivity index (χ4n) is 3.13. The standard InChI is InChI=1S/C21H20O.5CO.W/c1-3-10-18(11-4-1)12-9-17-22-21-16-8-7-15-20(21)19-13-5-2-6-14-19;5*1-2;/h1-6,10-11,13-14,20-21H,7-8,15-16H2;;;;;;/t20-,21+;;;;;;/m0....../s1. The van der Waals surface area contributed by atoms with Gasteiger partial charge < -0.3 is 0 Å². The average molecular weight is 612 g/mol. The molecule has 0 saturated heterocycles. The zero-order chi connectivity index (χ0) is 25.9. The predicted octanol–water partition coefficient (Wildman–Crippen LogP) is 4.27. The normalized spacial score (nSPS) is 14.5. The molecule has 0 bridgehead atoms. The summed E-state index contributed by atoms with van der Waals surface area (Å²) in [6, 6.07) is 20.9. The number of benzene rings is 2. The molecule has 3 rings (SSSR count). The summed E-state index contributed by atoms with van der Waals surface area (Å²) in [5, 5.41) is 0. The van der Waals surface area contributed by atoms with Crippen molar-refractivity contribution in [2.75, 3.05) is 0 Å². The second kappa shape index (κ2) is 27.3. The van der Waals surface area contributed by atoms with E-state index in [2.05, 4.69) is 75.4 Å². The summed E-state index contributed by atoms with van der Waals surface area (Å²) in [7, 11) is 0. The molecule has 33 heavy (non-hydrogen) atoms. The van der Waals surface area contributed by atoms with Crippen molar-refractivity contribution in [3.8, 4) is 11.8 Å². The van der Waals surface area contributed by atoms with Crippen molar-refractivity contribution in [3.63, 3.8) is 0 Å². The van der Waals surface area contributed by atoms with Crippen LogP contribution in [0.3, 0.4) is 0 Å². The summed E-state index contributed by atoms with van der Waals surface area (Å²) in [6.45, 7) is 22.5. The van der Waals surface area contributed by atoms with Crippen molar-refractivity contribution in [2.45, 2.75) is 37.7 Å². The van der Waals surface area contributed by atoms with Crippen molar-refractivity contribution in [1.29, 1.82) is 0 Å². The molecule has 1 saturated carbocycles. The van der Waals surface area contributed by atoms with Crippen molar-refractivity contribution in [3.05, 3.63) is 105 Å². The van der Waals surface area contributed by atoms with Crippen molar-refractivity contribution < 1.29 is 47.4 Å². The van der Waals surface area contributed by atoms with E-state index in [-0.39, 0.29) is 6.10 Å². The molecule has 166 valence electrons. The zero-order valence-electron chi connectivity index (χ0n) is 17.6. The van der Waals surface area contributed by atoms with Gasteiger partial charge in [0.1, 0.15) is 0 Å². The van der Waals surface area contributed by atoms with Crippen LogP contribution in [0.15, 0.2) is 60.7 Å². The Morgan fingerprint density at radius 2 is 1.18 bits per heavy atom. The second-order valence-electron chi connectivity index (χ2n) is 5.86. The molecule has 6 nitrogen and oxygen atoms in total. The van der Waals surface area contributed by atoms with E-state index < -0.39 is 0 Å². The Bertz CT molecular complexity index is 883. The van der Waals surface area contributed by atoms with E-state index in [9.17, 15) is 0 Å². The molecule has 1 aliphatic carbocycles. The SMILES string of the molecule is [C-]#[O+].[C-]#[O+].[C-]#[O+].[C-]#[O+].[C-]#[O+].[W]=[C](C#Cc1ccccc1)O[C@@H]1CCCC[C@H]1c1ccccc1. The third-order valence-electron chi connectivity index (χ3n) is 4.27. The van der Waals surface area contributed by atoms with E-state index in [4.69, 9.17) is 28.0 Å². The second-order valence-corrected chi connectivity index (χ2v) is 7.19. The van der Waals surface area contributed by atoms with Gasteiger partial charge in [-0.15, -0.1) is 0 Å². The zero-order valence-corrected chi connectivity index (χ0v) is 20.5. The summed E-state index contributed by atoms with van der Waals surface area (Å²) < 4.78 is 44.7. The van der Waals surface area contributed by atoms with E-state index in [1.54, 1.807) is 0 Å². The van der Waals surface area contributed by atoms with Crippen LogP contribution in [0.2, 0.25) is 0 Å². The first kappa shape index (κ1) is 34.8. The van der Waals surface area contributed by atoms with Crippen LogP contribution in [-0.2, 0) is 47.4 Å². The van der Waals surface area contributed by atoms with Gasteiger partial charge in [-0.2, -0.15) is 0 Å². The van der Waals surface area contributed by atoms with Crippen LogP contribution >= 0.6 is 0 Å². The summed E-state index contributed by atoms with van der Waals surface area (Å²) in [6.07, 6.45) is 5.15. The monoisotopic (exact) mass is 612 g/mol. The molecular weight excluding hydrogens is 592 g/mol. The minimum atomic E-state index is 0.267. The third-order valence-corrected chi connectivity index (χ3v) is 4.98. The molecule has 2 atom stereocenters. The first-order valence-electron chi connectivity index (χ1n) is 9.17. The number of hydrogen-bond donors (Lipinski definition) is 0. The number of ether oxygens (including phenoxy) is 1. The quantitative estimate of drug-likeness (QED) is 0.288. The van der Waals surface area contributed by atoms with E-state index in [1.807, 2.05) is 30.3 Å². The van der Waals surface area contributed by atoms with Crippen molar-refractivity contribution in [2.24, 2.45) is 0 Å². The van der Waals surface area contributed by atoms with Crippen LogP contribution in [-0.4, -0.2) is 10.2 Å². The number of rotatable bonds is 3. The van der Waals surface area contributed by atoms with Crippen LogP contribution in [0, 0.1) is 45.1 Å². The maximum atomic E-state index is 7.50. The third kappa shape index (κ3) is 15.6. The first-order chi connectivity index (χ1) is 16.3. The molecule has 0 aromatic heterocycles. The van der Waals surface area contributed by atoms with Gasteiger partial charge in [0.2, 0.25) is 0 Å². The van der Waals surface area contributed by atoms with Gasteiger partial charge in [-0.3, -0.25) is 0 Å². The molecule has 2 aromatic rings. The molecule has 0 heterocycles. The minimum absolute atomic E-state index is 0.267. The van der Waals surface area contributed by atoms with Gasteiger partial charge >= 0.3 is 206 Å². The molecular formula is C26H20O6W. The van der Waals surface area contributed by atoms with Gasteiger partial charge in [0, 0.05) is 0 Å². The van der Waals surface area contributed by atoms with E-state index in [0.717, 1.165) is 16.1 Å². The molecule has 0 N–H and O–H groups in total. The molecule has 0 radical (unpaired) electrons. The Morgan fingerprint density at radius 3 is 1.70 bits per heavy atom. The predicted molar refractivity (Wildman–Crippen MR) is 110 cm³/mol. The first-order valence-corrected chi connectivity index (χ1v) is 10.6. The molecule has 0 spiro atoms. The van der Waals surface area contributed by atoms with Crippen LogP contribution in [0.5, 0.6) is 0 Å². The summed E-state index contributed by atoms with van der Waals surface area (Å²) in [4.78, 5) is 0. The Balaban J connectivity index is -0.000000798. The fourth-order valence-corrected chi connectivity index (χ4v) is 3.76. The molecule has 0 aliphatic heterocycles. The van der Waals surface area contributed by atoms with Gasteiger partial charge in [0.05, 0.1) is 0 Å². The van der Waals surface area contributed by atoms with E-state index in [0.29, 0.717) is 5.92 Å². The van der Waals surface area contributed by atoms with Crippen LogP contribution in [0.1, 0.15) is 42.7 Å². The molecule has 1 fully saturated rings. The van der Waals surface area contributed by atoms with Gasteiger partial charge in [0.15, 0.2) is 0 Å². The van der Waals surface area contributed by atoms with Crippen LogP contribution < -0.4 is 0 Å². The maximum absolute atomic E-state index is 7.50. The molecule has 1 aliphatic rings. The summed E-state index contributed by atoms with van der Waals surface area (Å²) in [5.41, 5.74) is 2.44. The fraction of sp³-hybridized carbons (Fsp3) is 0.231. The Kier molecular flexibility index (Phi) is 28.8. The molecule has 2 aromatic carbocycles. The van der Waals surface area contributed by atoms with E-state index >= 15 is 0 Å². The van der Waals surface area contributed by atoms with Gasteiger partial charge in [0.25, 0.3) is 0 Å². The van der Waals surface area contributed by atoms with Gasteiger partial charge in [-0.05, 0) is 0 Å². The van der Waals surface area contributed by atoms with Gasteiger partial charge in [-0.1, -0.05) is 0 Å². The Labute approximate surface area is 205 Å². The van der Waals surface area contributed by atoms with E-state index in [1.165, 1.54) is 44.2 Å². The average Bonchev–Trinajstić information content (AvgIpc) is 2.94. The topological polar surface area (TPSA) is 109 Å². The molecule has 0 unspecified atom stereocenters. The van der Waals surface area contributed by atoms with Crippen molar-refractivity contribution >= 4 is 4.08 Å². The summed E-state index contributed by atoms with van der Waals surface area (Å²) in [5.74, 6) is 6.90. The Morgan fingerprint density at radius 1 is 0.727 bits per heavy atom. The van der Waals surface area contributed by atoms with Gasteiger partial charge in [-0.25, -0.2) is 0 Å².